The molecule has 1 aromatic rings. The summed E-state index contributed by atoms with van der Waals surface area (Å²) in [6.07, 6.45) is 0.850. The molecule has 4 nitrogen and oxygen atoms in total. The lowest BCUT2D eigenvalue weighted by Gasteiger charge is -2.14. The van der Waals surface area contributed by atoms with Crippen LogP contribution in [0, 0.1) is 0 Å². The number of nitrogens with one attached hydrogen (secondary N) is 2. The highest BCUT2D eigenvalue weighted by Gasteiger charge is 2.21. The monoisotopic (exact) mass is 322 g/mol. The van der Waals surface area contributed by atoms with E-state index in [0.29, 0.717) is 11.4 Å². The van der Waals surface area contributed by atoms with Gasteiger partial charge in [0.25, 0.3) is 0 Å². The highest BCUT2D eigenvalue weighted by atomic mass is 32.2. The molecule has 1 atom stereocenters. The Morgan fingerprint density at radius 1 is 1.47 bits per heavy atom. The van der Waals surface area contributed by atoms with Crippen LogP contribution in [0.5, 0.6) is 0 Å². The van der Waals surface area contributed by atoms with Crippen molar-refractivity contribution in [2.24, 2.45) is 0 Å². The fourth-order valence-corrected chi connectivity index (χ4v) is 5.19. The van der Waals surface area contributed by atoms with Gasteiger partial charge in [-0.05, 0) is 43.3 Å². The molecule has 2 N–H and O–H groups in total. The van der Waals surface area contributed by atoms with Gasteiger partial charge in [0, 0.05) is 17.5 Å². The topological polar surface area (TPSA) is 58.2 Å². The summed E-state index contributed by atoms with van der Waals surface area (Å²) >= 11 is 3.29. The molecule has 0 saturated heterocycles. The summed E-state index contributed by atoms with van der Waals surface area (Å²) in [7, 11) is -1.58. The molecule has 110 valence electrons. The number of sulfonamides is 1. The fourth-order valence-electron chi connectivity index (χ4n) is 1.65. The summed E-state index contributed by atoms with van der Waals surface area (Å²) in [4.78, 5) is 1.26. The Balaban J connectivity index is 2.67. The van der Waals surface area contributed by atoms with Gasteiger partial charge in [-0.3, -0.25) is 0 Å². The van der Waals surface area contributed by atoms with Crippen LogP contribution in [0.25, 0.3) is 0 Å². The van der Waals surface area contributed by atoms with Crippen molar-refractivity contribution in [3.05, 3.63) is 16.3 Å². The lowest BCUT2D eigenvalue weighted by Crippen LogP contribution is -2.33. The average Bonchev–Trinajstić information content (AvgIpc) is 2.78. The predicted octanol–water partition coefficient (Wildman–Crippen LogP) is 2.28. The Labute approximate surface area is 124 Å². The SMILES string of the molecule is CCSCCC(C)NS(=O)(=O)c1ccsc1CNC. The van der Waals surface area contributed by atoms with Crippen LogP contribution in [0.15, 0.2) is 16.3 Å². The largest absolute Gasteiger partial charge is 0.315 e. The van der Waals surface area contributed by atoms with Gasteiger partial charge in [0.15, 0.2) is 0 Å². The molecule has 0 bridgehead atoms. The molecule has 0 aliphatic rings. The van der Waals surface area contributed by atoms with Crippen LogP contribution < -0.4 is 10.0 Å². The van der Waals surface area contributed by atoms with Crippen LogP contribution in [0.4, 0.5) is 0 Å². The highest BCUT2D eigenvalue weighted by Crippen LogP contribution is 2.22. The molecule has 1 unspecified atom stereocenters. The zero-order chi connectivity index (χ0) is 14.3. The molecule has 0 aliphatic heterocycles. The Morgan fingerprint density at radius 2 is 2.21 bits per heavy atom. The van der Waals surface area contributed by atoms with E-state index in [0.717, 1.165) is 22.8 Å². The van der Waals surface area contributed by atoms with Crippen molar-refractivity contribution in [2.45, 2.75) is 37.8 Å². The molecule has 0 aromatic carbocycles. The molecule has 0 amide bonds. The molecule has 0 spiro atoms. The maximum Gasteiger partial charge on any atom is 0.241 e. The summed E-state index contributed by atoms with van der Waals surface area (Å²) in [5, 5.41) is 4.81. The molecule has 19 heavy (non-hydrogen) atoms. The average molecular weight is 323 g/mol. The zero-order valence-electron chi connectivity index (χ0n) is 11.6. The van der Waals surface area contributed by atoms with Gasteiger partial charge in [-0.15, -0.1) is 11.3 Å². The normalized spacial score (nSPS) is 13.6. The number of rotatable bonds is 9. The molecule has 7 heteroatoms. The van der Waals surface area contributed by atoms with Gasteiger partial charge in [-0.1, -0.05) is 6.92 Å². The van der Waals surface area contributed by atoms with Crippen LogP contribution in [-0.2, 0) is 16.6 Å². The Morgan fingerprint density at radius 3 is 2.84 bits per heavy atom. The van der Waals surface area contributed by atoms with Gasteiger partial charge in [0.2, 0.25) is 10.0 Å². The third-order valence-electron chi connectivity index (χ3n) is 2.59. The van der Waals surface area contributed by atoms with Gasteiger partial charge >= 0.3 is 0 Å². The van der Waals surface area contributed by atoms with Crippen LogP contribution in [0.2, 0.25) is 0 Å². The second-order valence-electron chi connectivity index (χ2n) is 4.25. The molecule has 0 saturated carbocycles. The van der Waals surface area contributed by atoms with E-state index in [1.807, 2.05) is 31.1 Å². The standard InChI is InChI=1S/C12H22N2O2S3/c1-4-17-7-5-10(2)14-19(15,16)12-6-8-18-11(12)9-13-3/h6,8,10,13-14H,4-5,7,9H2,1-3H3. The van der Waals surface area contributed by atoms with Crippen molar-refractivity contribution in [1.82, 2.24) is 10.0 Å². The molecule has 0 fully saturated rings. The first-order valence-electron chi connectivity index (χ1n) is 6.32. The first kappa shape index (κ1) is 17.0. The summed E-state index contributed by atoms with van der Waals surface area (Å²) in [6, 6.07) is 1.64. The van der Waals surface area contributed by atoms with Crippen molar-refractivity contribution in [3.63, 3.8) is 0 Å². The van der Waals surface area contributed by atoms with E-state index >= 15 is 0 Å². The maximum atomic E-state index is 12.3. The van der Waals surface area contributed by atoms with Crippen molar-refractivity contribution in [2.75, 3.05) is 18.6 Å². The van der Waals surface area contributed by atoms with Gasteiger partial charge < -0.3 is 5.32 Å². The minimum Gasteiger partial charge on any atom is -0.315 e. The predicted molar refractivity (Wildman–Crippen MR) is 84.5 cm³/mol. The summed E-state index contributed by atoms with van der Waals surface area (Å²) in [5.41, 5.74) is 0. The van der Waals surface area contributed by atoms with E-state index in [1.54, 1.807) is 6.07 Å². The Hall–Kier alpha value is -0.0800. The lowest BCUT2D eigenvalue weighted by atomic mass is 10.3. The summed E-state index contributed by atoms with van der Waals surface area (Å²) in [5.74, 6) is 2.05. The molecule has 1 aromatic heterocycles. The third kappa shape index (κ3) is 5.43. The van der Waals surface area contributed by atoms with Crippen LogP contribution in [0.1, 0.15) is 25.1 Å². The number of thioether (sulfide) groups is 1. The number of hydrogen-bond donors (Lipinski definition) is 2. The van der Waals surface area contributed by atoms with Crippen molar-refractivity contribution >= 4 is 33.1 Å². The molecular weight excluding hydrogens is 300 g/mol. The minimum atomic E-state index is -3.40. The van der Waals surface area contributed by atoms with Gasteiger partial charge in [-0.2, -0.15) is 11.8 Å². The van der Waals surface area contributed by atoms with Gasteiger partial charge in [0.1, 0.15) is 0 Å². The third-order valence-corrected chi connectivity index (χ3v) is 6.24. The van der Waals surface area contributed by atoms with E-state index in [9.17, 15) is 8.42 Å². The summed E-state index contributed by atoms with van der Waals surface area (Å²) < 4.78 is 27.3. The second kappa shape index (κ2) is 8.26. The van der Waals surface area contributed by atoms with E-state index < -0.39 is 10.0 Å². The number of hydrogen-bond acceptors (Lipinski definition) is 5. The first-order chi connectivity index (χ1) is 9.01. The van der Waals surface area contributed by atoms with E-state index in [1.165, 1.54) is 11.3 Å². The second-order valence-corrected chi connectivity index (χ2v) is 8.32. The zero-order valence-corrected chi connectivity index (χ0v) is 14.1. The minimum absolute atomic E-state index is 0.0358. The maximum absolute atomic E-state index is 12.3. The lowest BCUT2D eigenvalue weighted by molar-refractivity contribution is 0.556. The van der Waals surface area contributed by atoms with Crippen molar-refractivity contribution < 1.29 is 8.42 Å². The van der Waals surface area contributed by atoms with E-state index in [2.05, 4.69) is 17.0 Å². The number of thiophene rings is 1. The van der Waals surface area contributed by atoms with Crippen LogP contribution in [0.3, 0.4) is 0 Å². The molecule has 0 aliphatic carbocycles. The molecule has 1 rings (SSSR count). The van der Waals surface area contributed by atoms with Crippen molar-refractivity contribution in [1.29, 1.82) is 0 Å². The van der Waals surface area contributed by atoms with Gasteiger partial charge in [-0.25, -0.2) is 13.1 Å². The van der Waals surface area contributed by atoms with Crippen LogP contribution >= 0.6 is 23.1 Å². The Bertz CT molecular complexity index is 471. The van der Waals surface area contributed by atoms with Crippen LogP contribution in [-0.4, -0.2) is 33.0 Å². The quantitative estimate of drug-likeness (QED) is 0.685. The molecular formula is C12H22N2O2S3. The van der Waals surface area contributed by atoms with E-state index in [-0.39, 0.29) is 6.04 Å². The van der Waals surface area contributed by atoms with Gasteiger partial charge in [0.05, 0.1) is 4.90 Å². The molecule has 0 radical (unpaired) electrons. The highest BCUT2D eigenvalue weighted by molar-refractivity contribution is 7.99. The van der Waals surface area contributed by atoms with E-state index in [4.69, 9.17) is 0 Å². The molecule has 1 heterocycles. The van der Waals surface area contributed by atoms with Crippen molar-refractivity contribution in [3.8, 4) is 0 Å². The Kier molecular flexibility index (Phi) is 7.38. The first-order valence-corrected chi connectivity index (χ1v) is 9.84. The fraction of sp³-hybridized carbons (Fsp3) is 0.667. The smallest absolute Gasteiger partial charge is 0.241 e. The summed E-state index contributed by atoms with van der Waals surface area (Å²) in [6.45, 7) is 4.60.